The lowest BCUT2D eigenvalue weighted by atomic mass is 10.1. The van der Waals surface area contributed by atoms with Gasteiger partial charge < -0.3 is 15.2 Å². The zero-order valence-electron chi connectivity index (χ0n) is 12.5. The van der Waals surface area contributed by atoms with Crippen LogP contribution >= 0.6 is 11.6 Å². The summed E-state index contributed by atoms with van der Waals surface area (Å²) in [7, 11) is 0. The van der Waals surface area contributed by atoms with Crippen LogP contribution in [0.15, 0.2) is 22.7 Å². The lowest BCUT2D eigenvalue weighted by Crippen LogP contribution is -2.32. The molecule has 0 spiro atoms. The van der Waals surface area contributed by atoms with Gasteiger partial charge in [0.1, 0.15) is 0 Å². The Morgan fingerprint density at radius 3 is 2.91 bits per heavy atom. The molecule has 2 aromatic rings. The molecule has 0 saturated carbocycles. The Kier molecular flexibility index (Phi) is 4.04. The van der Waals surface area contributed by atoms with E-state index in [9.17, 15) is 9.59 Å². The van der Waals surface area contributed by atoms with Crippen LogP contribution in [0.25, 0.3) is 11.4 Å². The summed E-state index contributed by atoms with van der Waals surface area (Å²) in [4.78, 5) is 28.8. The number of nitrogens with zero attached hydrogens (tertiary/aromatic N) is 3. The van der Waals surface area contributed by atoms with Crippen molar-refractivity contribution in [3.63, 3.8) is 0 Å². The van der Waals surface area contributed by atoms with E-state index in [1.807, 2.05) is 0 Å². The molecule has 23 heavy (non-hydrogen) atoms. The predicted molar refractivity (Wildman–Crippen MR) is 84.1 cm³/mol. The van der Waals surface area contributed by atoms with Gasteiger partial charge >= 0.3 is 11.8 Å². The van der Waals surface area contributed by atoms with Crippen molar-refractivity contribution in [3.8, 4) is 11.4 Å². The Labute approximate surface area is 137 Å². The van der Waals surface area contributed by atoms with Gasteiger partial charge in [-0.25, -0.2) is 0 Å². The van der Waals surface area contributed by atoms with Crippen molar-refractivity contribution in [3.05, 3.63) is 29.1 Å². The average Bonchev–Trinajstić information content (AvgIpc) is 3.13. The maximum atomic E-state index is 12.1. The lowest BCUT2D eigenvalue weighted by molar-refractivity contribution is -0.117. The zero-order valence-corrected chi connectivity index (χ0v) is 13.2. The zero-order chi connectivity index (χ0) is 16.6. The predicted octanol–water partition coefficient (Wildman–Crippen LogP) is 2.39. The number of rotatable bonds is 4. The number of halogens is 1. The molecule has 2 heterocycles. The maximum absolute atomic E-state index is 12.1. The second-order valence-corrected chi connectivity index (χ2v) is 5.72. The minimum absolute atomic E-state index is 0.0937. The molecule has 1 aromatic carbocycles. The molecule has 8 heteroatoms. The van der Waals surface area contributed by atoms with Crippen molar-refractivity contribution < 1.29 is 14.1 Å². The number of carbonyl (C=O) groups excluding carboxylic acids is 2. The van der Waals surface area contributed by atoms with E-state index < -0.39 is 5.91 Å². The van der Waals surface area contributed by atoms with Gasteiger partial charge in [-0.15, -0.1) is 0 Å². The van der Waals surface area contributed by atoms with Crippen LogP contribution in [0, 0.1) is 0 Å². The van der Waals surface area contributed by atoms with E-state index >= 15 is 0 Å². The molecule has 120 valence electrons. The van der Waals surface area contributed by atoms with E-state index in [1.165, 1.54) is 0 Å². The second kappa shape index (κ2) is 6.00. The smallest absolute Gasteiger partial charge is 0.316 e. The van der Waals surface area contributed by atoms with E-state index in [1.54, 1.807) is 23.1 Å². The molecule has 0 unspecified atom stereocenters. The molecule has 1 fully saturated rings. The molecule has 0 aliphatic carbocycles. The van der Waals surface area contributed by atoms with Crippen molar-refractivity contribution in [2.45, 2.75) is 32.2 Å². The number of nitrogens with two attached hydrogens (primary N) is 1. The van der Waals surface area contributed by atoms with Gasteiger partial charge in [-0.3, -0.25) is 9.59 Å². The number of hydrogen-bond acceptors (Lipinski definition) is 5. The fourth-order valence-corrected chi connectivity index (χ4v) is 3.01. The number of amides is 2. The first-order valence-corrected chi connectivity index (χ1v) is 7.64. The van der Waals surface area contributed by atoms with Crippen LogP contribution in [0.3, 0.4) is 0 Å². The number of hydrogen-bond donors (Lipinski definition) is 1. The van der Waals surface area contributed by atoms with Crippen molar-refractivity contribution in [1.29, 1.82) is 0 Å². The highest BCUT2D eigenvalue weighted by Gasteiger charge is 2.31. The fourth-order valence-electron chi connectivity index (χ4n) is 2.75. The minimum Gasteiger partial charge on any atom is -0.361 e. The van der Waals surface area contributed by atoms with Gasteiger partial charge in [-0.2, -0.15) is 4.98 Å². The number of anilines is 1. The van der Waals surface area contributed by atoms with Crippen molar-refractivity contribution in [2.75, 3.05) is 4.90 Å². The first-order chi connectivity index (χ1) is 11.0. The first-order valence-electron chi connectivity index (χ1n) is 7.26. The molecule has 1 aromatic heterocycles. The molecular formula is C15H15ClN4O3. The highest BCUT2D eigenvalue weighted by atomic mass is 35.5. The van der Waals surface area contributed by atoms with Crippen LogP contribution in [0.5, 0.6) is 0 Å². The summed E-state index contributed by atoms with van der Waals surface area (Å²) in [5.41, 5.74) is 6.33. The van der Waals surface area contributed by atoms with E-state index in [2.05, 4.69) is 17.1 Å². The summed E-state index contributed by atoms with van der Waals surface area (Å²) in [6.07, 6.45) is 2.28. The van der Waals surface area contributed by atoms with E-state index in [4.69, 9.17) is 21.9 Å². The van der Waals surface area contributed by atoms with Gasteiger partial charge in [0.05, 0.1) is 5.02 Å². The van der Waals surface area contributed by atoms with Crippen molar-refractivity contribution in [2.24, 2.45) is 5.73 Å². The Balaban J connectivity index is 1.94. The van der Waals surface area contributed by atoms with E-state index in [-0.39, 0.29) is 23.7 Å². The number of primary amides is 1. The summed E-state index contributed by atoms with van der Waals surface area (Å²) in [6.45, 7) is 2.05. The number of aromatic nitrogens is 2. The van der Waals surface area contributed by atoms with Gasteiger partial charge in [0.25, 0.3) is 0 Å². The number of carbonyl (C=O) groups is 2. The minimum atomic E-state index is -0.801. The first kappa shape index (κ1) is 15.5. The molecule has 1 aliphatic heterocycles. The second-order valence-electron chi connectivity index (χ2n) is 5.32. The van der Waals surface area contributed by atoms with Crippen molar-refractivity contribution >= 4 is 29.1 Å². The van der Waals surface area contributed by atoms with E-state index in [0.717, 1.165) is 18.5 Å². The van der Waals surface area contributed by atoms with Gasteiger partial charge in [-0.1, -0.05) is 23.7 Å². The molecule has 2 amide bonds. The molecule has 1 saturated heterocycles. The van der Waals surface area contributed by atoms with E-state index in [0.29, 0.717) is 17.0 Å². The summed E-state index contributed by atoms with van der Waals surface area (Å²) >= 11 is 6.29. The number of benzene rings is 1. The SMILES string of the molecule is CC[C@H]1CCC(=O)N1c1ccc(-c2noc(C(N)=O)n2)c(Cl)c1. The van der Waals surface area contributed by atoms with Crippen LogP contribution in [-0.2, 0) is 4.79 Å². The van der Waals surface area contributed by atoms with Crippen LogP contribution in [0.1, 0.15) is 36.9 Å². The van der Waals surface area contributed by atoms with Crippen LogP contribution in [-0.4, -0.2) is 28.0 Å². The standard InChI is InChI=1S/C15H15ClN4O3/c1-2-8-4-6-12(21)20(8)9-3-5-10(11(16)7-9)14-18-15(13(17)22)23-19-14/h3,5,7-8H,2,4,6H2,1H3,(H2,17,22)/t8-/m0/s1. The summed E-state index contributed by atoms with van der Waals surface area (Å²) in [6, 6.07) is 5.37. The third-order valence-electron chi connectivity index (χ3n) is 3.91. The molecule has 7 nitrogen and oxygen atoms in total. The van der Waals surface area contributed by atoms with Crippen LogP contribution in [0.4, 0.5) is 5.69 Å². The molecule has 2 N–H and O–H groups in total. The van der Waals surface area contributed by atoms with Gasteiger partial charge in [0, 0.05) is 23.7 Å². The maximum Gasteiger partial charge on any atom is 0.316 e. The van der Waals surface area contributed by atoms with Gasteiger partial charge in [-0.05, 0) is 31.0 Å². The van der Waals surface area contributed by atoms with Gasteiger partial charge in [0.2, 0.25) is 11.7 Å². The topological polar surface area (TPSA) is 102 Å². The third kappa shape index (κ3) is 2.79. The van der Waals surface area contributed by atoms with Crippen LogP contribution in [0.2, 0.25) is 5.02 Å². The highest BCUT2D eigenvalue weighted by Crippen LogP contribution is 2.34. The molecule has 3 rings (SSSR count). The van der Waals surface area contributed by atoms with Gasteiger partial charge in [0.15, 0.2) is 0 Å². The third-order valence-corrected chi connectivity index (χ3v) is 4.22. The van der Waals surface area contributed by atoms with Crippen molar-refractivity contribution in [1.82, 2.24) is 10.1 Å². The Morgan fingerprint density at radius 2 is 2.30 bits per heavy atom. The molecular weight excluding hydrogens is 320 g/mol. The largest absolute Gasteiger partial charge is 0.361 e. The quantitative estimate of drug-likeness (QED) is 0.924. The van der Waals surface area contributed by atoms with Crippen LogP contribution < -0.4 is 10.6 Å². The highest BCUT2D eigenvalue weighted by molar-refractivity contribution is 6.33. The Morgan fingerprint density at radius 1 is 1.52 bits per heavy atom. The monoisotopic (exact) mass is 334 g/mol. The fraction of sp³-hybridized carbons (Fsp3) is 0.333. The normalized spacial score (nSPS) is 17.7. The molecule has 1 atom stereocenters. The summed E-state index contributed by atoms with van der Waals surface area (Å²) in [5, 5.41) is 4.06. The summed E-state index contributed by atoms with van der Waals surface area (Å²) < 4.78 is 4.76. The molecule has 0 radical (unpaired) electrons. The molecule has 1 aliphatic rings. The lowest BCUT2D eigenvalue weighted by Gasteiger charge is -2.24. The molecule has 0 bridgehead atoms. The Hall–Kier alpha value is -2.41. The summed E-state index contributed by atoms with van der Waals surface area (Å²) in [5.74, 6) is -0.808. The Bertz CT molecular complexity index is 774. The average molecular weight is 335 g/mol.